The topological polar surface area (TPSA) is 41.3 Å². The monoisotopic (exact) mass is 555 g/mol. The first-order valence-electron chi connectivity index (χ1n) is 14.3. The minimum Gasteiger partial charge on any atom is -0.507 e. The summed E-state index contributed by atoms with van der Waals surface area (Å²) in [6, 6.07) is 56.9. The van der Waals surface area contributed by atoms with Crippen molar-refractivity contribution in [3.63, 3.8) is 0 Å². The van der Waals surface area contributed by atoms with Crippen LogP contribution in [0.25, 0.3) is 39.6 Å². The van der Waals surface area contributed by atoms with Gasteiger partial charge in [-0.2, -0.15) is 0 Å². The van der Waals surface area contributed by atoms with Crippen LogP contribution < -0.4 is 4.90 Å². The van der Waals surface area contributed by atoms with E-state index < -0.39 is 0 Å². The maximum atomic E-state index is 11.7. The summed E-state index contributed by atoms with van der Waals surface area (Å²) in [7, 11) is 0. The molecule has 6 aromatic carbocycles. The fraction of sp³-hybridized carbons (Fsp3) is 0. The molecule has 0 saturated carbocycles. The van der Waals surface area contributed by atoms with Gasteiger partial charge in [0, 0.05) is 39.9 Å². The van der Waals surface area contributed by atoms with Gasteiger partial charge < -0.3 is 10.0 Å². The van der Waals surface area contributed by atoms with E-state index in [9.17, 15) is 5.11 Å². The van der Waals surface area contributed by atoms with E-state index in [4.69, 9.17) is 4.98 Å². The van der Waals surface area contributed by atoms with E-state index in [0.717, 1.165) is 45.3 Å². The van der Waals surface area contributed by atoms with Crippen LogP contribution in [0.1, 0.15) is 0 Å². The van der Waals surface area contributed by atoms with Crippen LogP contribution in [0.3, 0.4) is 0 Å². The van der Waals surface area contributed by atoms with Crippen molar-refractivity contribution in [1.82, 2.24) is 9.55 Å². The molecule has 1 aromatic heterocycles. The van der Waals surface area contributed by atoms with Gasteiger partial charge in [0.25, 0.3) is 0 Å². The molecule has 0 atom stereocenters. The summed E-state index contributed by atoms with van der Waals surface area (Å²) in [6.07, 6.45) is 0. The van der Waals surface area contributed by atoms with Crippen molar-refractivity contribution in [3.8, 4) is 45.3 Å². The summed E-state index contributed by atoms with van der Waals surface area (Å²) in [6.45, 7) is 0. The number of benzene rings is 6. The summed E-state index contributed by atoms with van der Waals surface area (Å²) in [4.78, 5) is 7.38. The minimum absolute atomic E-state index is 0.149. The second-order valence-corrected chi connectivity index (χ2v) is 10.2. The van der Waals surface area contributed by atoms with E-state index >= 15 is 0 Å². The number of hydrogen-bond donors (Lipinski definition) is 1. The maximum Gasteiger partial charge on any atom is 0.149 e. The molecule has 7 rings (SSSR count). The van der Waals surface area contributed by atoms with Gasteiger partial charge in [-0.05, 0) is 48.5 Å². The van der Waals surface area contributed by atoms with Gasteiger partial charge in [0.05, 0.1) is 17.0 Å². The highest BCUT2D eigenvalue weighted by Gasteiger charge is 2.24. The average Bonchev–Trinajstić information content (AvgIpc) is 3.48. The molecule has 0 unspecified atom stereocenters. The Balaban J connectivity index is 1.45. The van der Waals surface area contributed by atoms with E-state index in [-0.39, 0.29) is 5.75 Å². The lowest BCUT2D eigenvalue weighted by molar-refractivity contribution is 0.477. The van der Waals surface area contributed by atoms with Crippen molar-refractivity contribution in [1.29, 1.82) is 0 Å². The third-order valence-corrected chi connectivity index (χ3v) is 7.50. The average molecular weight is 556 g/mol. The van der Waals surface area contributed by atoms with Crippen molar-refractivity contribution < 1.29 is 5.11 Å². The van der Waals surface area contributed by atoms with Gasteiger partial charge in [0.15, 0.2) is 0 Å². The molecular formula is C39H29N3O. The number of aromatic nitrogens is 2. The second kappa shape index (κ2) is 11.6. The normalized spacial score (nSPS) is 10.9. The molecule has 0 spiro atoms. The lowest BCUT2D eigenvalue weighted by Gasteiger charge is -2.26. The van der Waals surface area contributed by atoms with Crippen molar-refractivity contribution in [2.24, 2.45) is 0 Å². The SMILES string of the molecule is Oc1cc(N(c2ccccc2)c2ccccc2)ccc1-c1nc(-c2ccccc2)c(-c2ccccc2)n1-c1ccccc1. The van der Waals surface area contributed by atoms with Crippen LogP contribution in [0.2, 0.25) is 0 Å². The highest BCUT2D eigenvalue weighted by molar-refractivity contribution is 5.86. The van der Waals surface area contributed by atoms with Crippen LogP contribution in [0, 0.1) is 0 Å². The predicted molar refractivity (Wildman–Crippen MR) is 176 cm³/mol. The highest BCUT2D eigenvalue weighted by Crippen LogP contribution is 2.43. The molecular weight excluding hydrogens is 526 g/mol. The van der Waals surface area contributed by atoms with E-state index in [0.29, 0.717) is 11.4 Å². The molecule has 0 amide bonds. The Morgan fingerprint density at radius 1 is 0.488 bits per heavy atom. The summed E-state index contributed by atoms with van der Waals surface area (Å²) < 4.78 is 2.15. The molecule has 0 aliphatic heterocycles. The molecule has 1 N–H and O–H groups in total. The first-order valence-corrected chi connectivity index (χ1v) is 14.3. The Morgan fingerprint density at radius 2 is 0.977 bits per heavy atom. The summed E-state index contributed by atoms with van der Waals surface area (Å²) in [5.41, 5.74) is 8.33. The first kappa shape index (κ1) is 26.1. The molecule has 0 aliphatic carbocycles. The van der Waals surface area contributed by atoms with Crippen LogP contribution in [0.4, 0.5) is 17.1 Å². The standard InChI is InChI=1S/C39H29N3O/c43-36-28-34(41(31-20-10-3-11-21-31)32-22-12-4-13-23-32)26-27-35(36)39-40-37(29-16-6-1-7-17-29)38(30-18-8-2-9-19-30)42(39)33-24-14-5-15-25-33/h1-28,43H. The zero-order valence-corrected chi connectivity index (χ0v) is 23.5. The number of aromatic hydroxyl groups is 1. The predicted octanol–water partition coefficient (Wildman–Crippen LogP) is 10.0. The number of rotatable bonds is 7. The Bertz CT molecular complexity index is 1910. The van der Waals surface area contributed by atoms with Crippen molar-refractivity contribution in [2.45, 2.75) is 0 Å². The van der Waals surface area contributed by atoms with Crippen LogP contribution in [0.15, 0.2) is 170 Å². The van der Waals surface area contributed by atoms with Crippen molar-refractivity contribution in [2.75, 3.05) is 4.90 Å². The maximum absolute atomic E-state index is 11.7. The number of anilines is 3. The fourth-order valence-electron chi connectivity index (χ4n) is 5.54. The summed E-state index contributed by atoms with van der Waals surface area (Å²) in [5.74, 6) is 0.815. The van der Waals surface area contributed by atoms with Crippen LogP contribution in [0.5, 0.6) is 5.75 Å². The summed E-state index contributed by atoms with van der Waals surface area (Å²) in [5, 5.41) is 11.7. The quantitative estimate of drug-likeness (QED) is 0.213. The fourth-order valence-corrected chi connectivity index (χ4v) is 5.54. The Labute approximate surface area is 251 Å². The Hall–Kier alpha value is -5.87. The lowest BCUT2D eigenvalue weighted by Crippen LogP contribution is -2.09. The van der Waals surface area contributed by atoms with Crippen molar-refractivity contribution >= 4 is 17.1 Å². The third-order valence-electron chi connectivity index (χ3n) is 7.50. The number of phenols is 1. The molecule has 4 nitrogen and oxygen atoms in total. The minimum atomic E-state index is 0.149. The molecule has 0 radical (unpaired) electrons. The number of phenolic OH excluding ortho intramolecular Hbond substituents is 1. The number of imidazole rings is 1. The van der Waals surface area contributed by atoms with Crippen LogP contribution in [-0.2, 0) is 0 Å². The smallest absolute Gasteiger partial charge is 0.149 e. The molecule has 206 valence electrons. The summed E-state index contributed by atoms with van der Waals surface area (Å²) >= 11 is 0. The van der Waals surface area contributed by atoms with Gasteiger partial charge in [0.2, 0.25) is 0 Å². The second-order valence-electron chi connectivity index (χ2n) is 10.2. The molecule has 4 heteroatoms. The zero-order valence-electron chi connectivity index (χ0n) is 23.5. The largest absolute Gasteiger partial charge is 0.507 e. The third kappa shape index (κ3) is 5.07. The van der Waals surface area contributed by atoms with E-state index in [2.05, 4.69) is 70.1 Å². The number of nitrogens with zero attached hydrogens (tertiary/aromatic N) is 3. The van der Waals surface area contributed by atoms with Crippen molar-refractivity contribution in [3.05, 3.63) is 170 Å². The van der Waals surface area contributed by atoms with Gasteiger partial charge in [-0.3, -0.25) is 4.57 Å². The molecule has 0 bridgehead atoms. The molecule has 0 aliphatic rings. The van der Waals surface area contributed by atoms with Gasteiger partial charge in [-0.1, -0.05) is 115 Å². The van der Waals surface area contributed by atoms with E-state index in [1.807, 2.05) is 109 Å². The molecule has 1 heterocycles. The van der Waals surface area contributed by atoms with Crippen LogP contribution >= 0.6 is 0 Å². The Morgan fingerprint density at radius 3 is 1.51 bits per heavy atom. The molecule has 43 heavy (non-hydrogen) atoms. The number of hydrogen-bond acceptors (Lipinski definition) is 3. The van der Waals surface area contributed by atoms with E-state index in [1.54, 1.807) is 0 Å². The number of para-hydroxylation sites is 3. The molecule has 0 fully saturated rings. The highest BCUT2D eigenvalue weighted by atomic mass is 16.3. The lowest BCUT2D eigenvalue weighted by atomic mass is 10.0. The first-order chi connectivity index (χ1) is 21.3. The molecule has 7 aromatic rings. The van der Waals surface area contributed by atoms with Gasteiger partial charge in [0.1, 0.15) is 11.6 Å². The van der Waals surface area contributed by atoms with Gasteiger partial charge in [-0.25, -0.2) is 4.98 Å². The van der Waals surface area contributed by atoms with E-state index in [1.165, 1.54) is 0 Å². The molecule has 0 saturated heterocycles. The van der Waals surface area contributed by atoms with Gasteiger partial charge >= 0.3 is 0 Å². The van der Waals surface area contributed by atoms with Crippen LogP contribution in [-0.4, -0.2) is 14.7 Å². The van der Waals surface area contributed by atoms with Gasteiger partial charge in [-0.15, -0.1) is 0 Å². The zero-order chi connectivity index (χ0) is 29.0. The Kier molecular flexibility index (Phi) is 7.00.